The van der Waals surface area contributed by atoms with E-state index in [1.54, 1.807) is 24.3 Å². The number of hydrogen-bond donors (Lipinski definition) is 1. The number of ether oxygens (including phenoxy) is 1. The minimum atomic E-state index is -3.26. The maximum atomic E-state index is 12.9. The summed E-state index contributed by atoms with van der Waals surface area (Å²) in [6, 6.07) is 12.7. The first-order valence-electron chi connectivity index (χ1n) is 10.4. The van der Waals surface area contributed by atoms with E-state index in [4.69, 9.17) is 4.74 Å². The fourth-order valence-corrected chi connectivity index (χ4v) is 5.84. The number of amides is 1. The van der Waals surface area contributed by atoms with Crippen LogP contribution < -0.4 is 14.4 Å². The van der Waals surface area contributed by atoms with Gasteiger partial charge in [-0.1, -0.05) is 17.7 Å². The van der Waals surface area contributed by atoms with Gasteiger partial charge in [0.25, 0.3) is 5.91 Å². The van der Waals surface area contributed by atoms with Crippen molar-refractivity contribution in [2.75, 3.05) is 16.6 Å². The van der Waals surface area contributed by atoms with Crippen LogP contribution in [0, 0.1) is 6.92 Å². The highest BCUT2D eigenvalue weighted by Crippen LogP contribution is 2.40. The van der Waals surface area contributed by atoms with Crippen molar-refractivity contribution in [3.63, 3.8) is 0 Å². The number of benzene rings is 2. The Morgan fingerprint density at radius 3 is 2.57 bits per heavy atom. The molecule has 1 fully saturated rings. The first-order valence-corrected chi connectivity index (χ1v) is 12.0. The highest BCUT2D eigenvalue weighted by Gasteiger charge is 2.34. The van der Waals surface area contributed by atoms with E-state index in [0.29, 0.717) is 30.6 Å². The summed E-state index contributed by atoms with van der Waals surface area (Å²) in [7, 11) is -3.26. The average Bonchev–Trinajstić information content (AvgIpc) is 2.68. The third-order valence-corrected chi connectivity index (χ3v) is 7.56. The van der Waals surface area contributed by atoms with Crippen molar-refractivity contribution in [1.82, 2.24) is 5.32 Å². The molecule has 0 bridgehead atoms. The highest BCUT2D eigenvalue weighted by molar-refractivity contribution is 7.92. The normalized spacial score (nSPS) is 22.0. The van der Waals surface area contributed by atoms with Crippen LogP contribution in [0.3, 0.4) is 0 Å². The molecule has 0 unspecified atom stereocenters. The largest absolute Gasteiger partial charge is 0.487 e. The lowest BCUT2D eigenvalue weighted by atomic mass is 9.88. The smallest absolute Gasteiger partial charge is 0.251 e. The number of rotatable bonds is 3. The Labute approximate surface area is 178 Å². The van der Waals surface area contributed by atoms with Crippen molar-refractivity contribution in [2.45, 2.75) is 51.7 Å². The zero-order valence-corrected chi connectivity index (χ0v) is 18.5. The van der Waals surface area contributed by atoms with Gasteiger partial charge in [0.05, 0.1) is 17.5 Å². The van der Waals surface area contributed by atoms with Gasteiger partial charge in [0.2, 0.25) is 10.0 Å². The molecule has 2 aromatic carbocycles. The molecule has 2 heterocycles. The van der Waals surface area contributed by atoms with Crippen LogP contribution in [0.15, 0.2) is 42.5 Å². The van der Waals surface area contributed by atoms with E-state index < -0.39 is 10.0 Å². The molecule has 0 radical (unpaired) electrons. The molecule has 0 aromatic heterocycles. The molecule has 2 aliphatic heterocycles. The van der Waals surface area contributed by atoms with Crippen molar-refractivity contribution in [3.8, 4) is 5.75 Å². The molecule has 30 heavy (non-hydrogen) atoms. The number of anilines is 1. The van der Waals surface area contributed by atoms with Gasteiger partial charge >= 0.3 is 0 Å². The van der Waals surface area contributed by atoms with Crippen molar-refractivity contribution < 1.29 is 17.9 Å². The first kappa shape index (κ1) is 20.7. The molecule has 1 amide bonds. The van der Waals surface area contributed by atoms with Gasteiger partial charge in [0.15, 0.2) is 0 Å². The van der Waals surface area contributed by atoms with Crippen molar-refractivity contribution >= 4 is 21.6 Å². The first-order chi connectivity index (χ1) is 14.1. The van der Waals surface area contributed by atoms with Crippen LogP contribution in [0.25, 0.3) is 0 Å². The quantitative estimate of drug-likeness (QED) is 0.803. The lowest BCUT2D eigenvalue weighted by Crippen LogP contribution is -2.41. The van der Waals surface area contributed by atoms with Crippen LogP contribution in [0.1, 0.15) is 60.6 Å². The summed E-state index contributed by atoms with van der Waals surface area (Å²) >= 11 is 0. The third kappa shape index (κ3) is 4.17. The molecule has 7 heteroatoms. The van der Waals surface area contributed by atoms with Crippen LogP contribution in [-0.2, 0) is 10.0 Å². The fraction of sp³-hybridized carbons (Fsp3) is 0.435. The zero-order chi connectivity index (χ0) is 21.5. The Morgan fingerprint density at radius 1 is 1.13 bits per heavy atom. The number of aryl methyl sites for hydroxylation is 1. The van der Waals surface area contributed by atoms with Gasteiger partial charge in [0.1, 0.15) is 11.4 Å². The van der Waals surface area contributed by atoms with Gasteiger partial charge in [-0.25, -0.2) is 8.42 Å². The minimum absolute atomic E-state index is 0.154. The van der Waals surface area contributed by atoms with Crippen molar-refractivity contribution in [2.24, 2.45) is 0 Å². The van der Waals surface area contributed by atoms with Crippen molar-refractivity contribution in [3.05, 3.63) is 59.2 Å². The summed E-state index contributed by atoms with van der Waals surface area (Å²) in [5.74, 6) is 0.791. The Morgan fingerprint density at radius 2 is 1.87 bits per heavy atom. The van der Waals surface area contributed by atoms with E-state index in [2.05, 4.69) is 11.4 Å². The predicted molar refractivity (Wildman–Crippen MR) is 118 cm³/mol. The van der Waals surface area contributed by atoms with E-state index in [0.717, 1.165) is 23.3 Å². The average molecular weight is 429 g/mol. The van der Waals surface area contributed by atoms with Crippen molar-refractivity contribution in [1.29, 1.82) is 0 Å². The van der Waals surface area contributed by atoms with Gasteiger partial charge in [-0.2, -0.15) is 0 Å². The van der Waals surface area contributed by atoms with E-state index in [9.17, 15) is 13.2 Å². The van der Waals surface area contributed by atoms with Crippen LogP contribution in [0.4, 0.5) is 5.69 Å². The Hall–Kier alpha value is -2.54. The zero-order valence-electron chi connectivity index (χ0n) is 17.6. The highest BCUT2D eigenvalue weighted by atomic mass is 32.2. The summed E-state index contributed by atoms with van der Waals surface area (Å²) in [6.45, 7) is 6.54. The van der Waals surface area contributed by atoms with Crippen LogP contribution in [-0.4, -0.2) is 32.2 Å². The standard InChI is InChI=1S/C23H28N2O4S/c1-16-6-11-21-19(14-16)20(15-23(2,3)29-21)24-22(26)17-7-9-18(10-8-17)25-12-4-5-13-30(25,27)28/h6-11,14,20H,4-5,12-13,15H2,1-3H3,(H,24,26)/t20-/m0/s1. The maximum Gasteiger partial charge on any atom is 0.251 e. The van der Waals surface area contributed by atoms with Crippen LogP contribution >= 0.6 is 0 Å². The molecule has 1 saturated heterocycles. The summed E-state index contributed by atoms with van der Waals surface area (Å²) < 4.78 is 32.1. The van der Waals surface area contributed by atoms with Gasteiger partial charge in [0, 0.05) is 24.1 Å². The van der Waals surface area contributed by atoms with E-state index >= 15 is 0 Å². The second-order valence-corrected chi connectivity index (χ2v) is 10.8. The number of fused-ring (bicyclic) bond motifs is 1. The fourth-order valence-electron chi connectivity index (χ4n) is 4.20. The summed E-state index contributed by atoms with van der Waals surface area (Å²) in [6.07, 6.45) is 2.21. The molecule has 2 aliphatic rings. The Bertz CT molecular complexity index is 1060. The number of nitrogens with one attached hydrogen (secondary N) is 1. The van der Waals surface area contributed by atoms with E-state index in [1.165, 1.54) is 4.31 Å². The topological polar surface area (TPSA) is 75.7 Å². The van der Waals surface area contributed by atoms with Gasteiger partial charge in [-0.05, 0) is 63.9 Å². The minimum Gasteiger partial charge on any atom is -0.487 e. The maximum absolute atomic E-state index is 12.9. The molecule has 1 N–H and O–H groups in total. The lowest BCUT2D eigenvalue weighted by Gasteiger charge is -2.38. The SMILES string of the molecule is Cc1ccc2c(c1)[C@@H](NC(=O)c1ccc(N3CCCCS3(=O)=O)cc1)CC(C)(C)O2. The number of sulfonamides is 1. The van der Waals surface area contributed by atoms with Crippen LogP contribution in [0.5, 0.6) is 5.75 Å². The molecule has 1 atom stereocenters. The summed E-state index contributed by atoms with van der Waals surface area (Å²) in [5.41, 5.74) is 2.83. The molecular weight excluding hydrogens is 400 g/mol. The van der Waals surface area contributed by atoms with Crippen LogP contribution in [0.2, 0.25) is 0 Å². The molecule has 0 spiro atoms. The molecule has 0 aliphatic carbocycles. The molecular formula is C23H28N2O4S. The van der Waals surface area contributed by atoms with Gasteiger partial charge in [-0.3, -0.25) is 9.10 Å². The second kappa shape index (κ2) is 7.61. The molecule has 6 nitrogen and oxygen atoms in total. The summed E-state index contributed by atoms with van der Waals surface area (Å²) in [5, 5.41) is 3.14. The monoisotopic (exact) mass is 428 g/mol. The molecule has 4 rings (SSSR count). The molecule has 160 valence electrons. The predicted octanol–water partition coefficient (Wildman–Crippen LogP) is 3.96. The van der Waals surface area contributed by atoms with E-state index in [1.807, 2.05) is 32.9 Å². The second-order valence-electron chi connectivity index (χ2n) is 8.78. The third-order valence-electron chi connectivity index (χ3n) is 5.69. The Balaban J connectivity index is 1.54. The molecule has 0 saturated carbocycles. The number of carbonyl (C=O) groups excluding carboxylic acids is 1. The number of hydrogen-bond acceptors (Lipinski definition) is 4. The number of nitrogens with zero attached hydrogens (tertiary/aromatic N) is 1. The van der Waals surface area contributed by atoms with E-state index in [-0.39, 0.29) is 23.3 Å². The lowest BCUT2D eigenvalue weighted by molar-refractivity contribution is 0.0619. The number of carbonyl (C=O) groups is 1. The Kier molecular flexibility index (Phi) is 5.26. The summed E-state index contributed by atoms with van der Waals surface area (Å²) in [4.78, 5) is 12.9. The van der Waals surface area contributed by atoms with Gasteiger partial charge < -0.3 is 10.1 Å². The molecule has 2 aromatic rings. The van der Waals surface area contributed by atoms with Gasteiger partial charge in [-0.15, -0.1) is 0 Å².